The maximum Gasteiger partial charge on any atom is 0.452 e. The van der Waals surface area contributed by atoms with Crippen LogP contribution in [0, 0.1) is 0 Å². The quantitative estimate of drug-likeness (QED) is 0.146. The Morgan fingerprint density at radius 1 is 0.773 bits per heavy atom. The van der Waals surface area contributed by atoms with Gasteiger partial charge in [-0.3, -0.25) is 9.69 Å². The molecule has 2 aromatic rings. The number of anilines is 3. The van der Waals surface area contributed by atoms with E-state index in [1.54, 1.807) is 6.92 Å². The van der Waals surface area contributed by atoms with Crippen molar-refractivity contribution in [2.45, 2.75) is 71.5 Å². The number of phenols is 3. The van der Waals surface area contributed by atoms with Crippen molar-refractivity contribution in [1.29, 1.82) is 0 Å². The van der Waals surface area contributed by atoms with Crippen LogP contribution in [0.5, 0.6) is 17.2 Å². The minimum Gasteiger partial charge on any atom is -0.508 e. The predicted octanol–water partition coefficient (Wildman–Crippen LogP) is 9.11. The highest BCUT2D eigenvalue weighted by molar-refractivity contribution is 6.16. The predicted molar refractivity (Wildman–Crippen MR) is 153 cm³/mol. The zero-order chi connectivity index (χ0) is 33.2. The number of allylic oxidation sites excluding steroid dienone is 5. The summed E-state index contributed by atoms with van der Waals surface area (Å²) < 4.78 is 100. The van der Waals surface area contributed by atoms with Gasteiger partial charge in [0.05, 0.1) is 16.9 Å². The number of fused-ring (bicyclic) bond motifs is 2. The number of hydrogen-bond donors (Lipinski definition) is 3. The summed E-state index contributed by atoms with van der Waals surface area (Å²) in [5, 5.41) is 31.3. The topological polar surface area (TPSA) is 84.2 Å². The van der Waals surface area contributed by atoms with Gasteiger partial charge in [-0.15, -0.1) is 0 Å². The Morgan fingerprint density at radius 3 is 1.91 bits per heavy atom. The lowest BCUT2D eigenvalue weighted by Crippen LogP contribution is -2.63. The van der Waals surface area contributed by atoms with E-state index in [2.05, 4.69) is 6.08 Å². The molecule has 0 saturated heterocycles. The summed E-state index contributed by atoms with van der Waals surface area (Å²) in [6.07, 6.45) is -4.86. The van der Waals surface area contributed by atoms with E-state index in [1.807, 2.05) is 26.8 Å². The van der Waals surface area contributed by atoms with Crippen LogP contribution >= 0.6 is 0 Å². The molecule has 1 aliphatic rings. The van der Waals surface area contributed by atoms with Gasteiger partial charge in [0, 0.05) is 18.7 Å². The summed E-state index contributed by atoms with van der Waals surface area (Å²) in [4.78, 5) is 13.4. The molecule has 1 aliphatic heterocycles. The van der Waals surface area contributed by atoms with Gasteiger partial charge in [-0.05, 0) is 65.5 Å². The number of carbonyl (C=O) groups is 1. The molecule has 240 valence electrons. The number of phenolic OH excluding ortho intramolecular Hbond substituents is 3. The molecule has 0 unspecified atom stereocenters. The van der Waals surface area contributed by atoms with Gasteiger partial charge in [0.15, 0.2) is 0 Å². The maximum atomic E-state index is 15.8. The van der Waals surface area contributed by atoms with Crippen molar-refractivity contribution in [2.75, 3.05) is 16.3 Å². The highest BCUT2D eigenvalue weighted by Crippen LogP contribution is 2.60. The van der Waals surface area contributed by atoms with Crippen LogP contribution in [-0.4, -0.2) is 45.9 Å². The molecule has 2 aromatic carbocycles. The molecule has 13 heteroatoms. The fraction of sp³-hybridized carbons (Fsp3) is 0.387. The monoisotopic (exact) mass is 630 g/mol. The standard InChI is InChI=1S/C31H33F7N2O4/c1-18(2)8-5-9-19(3)10-6-11-20(4)14-15-39-23-16-21(41)17-25(43)27(23)40(29(32,30(33,34)35)31(36,37)38)26-22(28(39)44)12-7-13-24(26)42/h7-8,10,12-14,16-17,41-43H,5-6,9,11,15H2,1-4H3/b19-10+,20-14+. The van der Waals surface area contributed by atoms with Crippen LogP contribution in [0.2, 0.25) is 0 Å². The van der Waals surface area contributed by atoms with Gasteiger partial charge in [0.1, 0.15) is 22.9 Å². The van der Waals surface area contributed by atoms with Gasteiger partial charge in [-0.25, -0.2) is 0 Å². The maximum absolute atomic E-state index is 15.8. The molecule has 3 N–H and O–H groups in total. The van der Waals surface area contributed by atoms with E-state index >= 15 is 4.39 Å². The van der Waals surface area contributed by atoms with E-state index in [4.69, 9.17) is 0 Å². The molecule has 44 heavy (non-hydrogen) atoms. The molecule has 0 fully saturated rings. The zero-order valence-electron chi connectivity index (χ0n) is 24.4. The third kappa shape index (κ3) is 6.81. The second kappa shape index (κ2) is 12.8. The average molecular weight is 631 g/mol. The number of aromatic hydroxyl groups is 3. The van der Waals surface area contributed by atoms with Crippen molar-refractivity contribution in [3.8, 4) is 17.2 Å². The highest BCUT2D eigenvalue weighted by Gasteiger charge is 2.77. The molecule has 6 nitrogen and oxygen atoms in total. The van der Waals surface area contributed by atoms with Gasteiger partial charge >= 0.3 is 18.1 Å². The fourth-order valence-electron chi connectivity index (χ4n) is 4.82. The molecule has 0 atom stereocenters. The van der Waals surface area contributed by atoms with Gasteiger partial charge in [0.25, 0.3) is 5.91 Å². The number of carbonyl (C=O) groups excluding carboxylic acids is 1. The summed E-state index contributed by atoms with van der Waals surface area (Å²) in [5.41, 5.74) is -1.59. The second-order valence-corrected chi connectivity index (χ2v) is 10.8. The summed E-state index contributed by atoms with van der Waals surface area (Å²) in [6, 6.07) is 3.53. The molecule has 0 radical (unpaired) electrons. The number of para-hydroxylation sites is 1. The molecule has 1 heterocycles. The Morgan fingerprint density at radius 2 is 1.34 bits per heavy atom. The van der Waals surface area contributed by atoms with Crippen LogP contribution in [0.4, 0.5) is 47.8 Å². The van der Waals surface area contributed by atoms with Crippen molar-refractivity contribution in [1.82, 2.24) is 0 Å². The number of amides is 1. The summed E-state index contributed by atoms with van der Waals surface area (Å²) in [5.74, 6) is -11.0. The van der Waals surface area contributed by atoms with Crippen LogP contribution in [0.3, 0.4) is 0 Å². The lowest BCUT2D eigenvalue weighted by Gasteiger charge is -2.41. The van der Waals surface area contributed by atoms with E-state index in [0.717, 1.165) is 30.5 Å². The number of alkyl halides is 7. The third-order valence-electron chi connectivity index (χ3n) is 7.09. The number of nitrogens with zero attached hydrogens (tertiary/aromatic N) is 2. The summed E-state index contributed by atoms with van der Waals surface area (Å²) >= 11 is 0. The Kier molecular flexibility index (Phi) is 10.0. The van der Waals surface area contributed by atoms with E-state index in [-0.39, 0.29) is 0 Å². The second-order valence-electron chi connectivity index (χ2n) is 10.8. The van der Waals surface area contributed by atoms with Crippen LogP contribution in [0.25, 0.3) is 0 Å². The first-order valence-corrected chi connectivity index (χ1v) is 13.6. The smallest absolute Gasteiger partial charge is 0.452 e. The minimum absolute atomic E-state index is 0.403. The van der Waals surface area contributed by atoms with Crippen LogP contribution in [-0.2, 0) is 0 Å². The average Bonchev–Trinajstić information content (AvgIpc) is 2.99. The van der Waals surface area contributed by atoms with Crippen LogP contribution < -0.4 is 9.80 Å². The van der Waals surface area contributed by atoms with Crippen molar-refractivity contribution < 1.29 is 50.8 Å². The molecule has 0 aromatic heterocycles. The Balaban J connectivity index is 2.15. The van der Waals surface area contributed by atoms with Crippen LogP contribution in [0.1, 0.15) is 63.7 Å². The zero-order valence-corrected chi connectivity index (χ0v) is 24.4. The molecule has 0 saturated carbocycles. The number of hydrogen-bond acceptors (Lipinski definition) is 5. The number of rotatable bonds is 9. The summed E-state index contributed by atoms with van der Waals surface area (Å²) in [6.45, 7) is 7.26. The first-order chi connectivity index (χ1) is 20.3. The molecular formula is C31H33F7N2O4. The molecule has 1 amide bonds. The first-order valence-electron chi connectivity index (χ1n) is 13.6. The summed E-state index contributed by atoms with van der Waals surface area (Å²) in [7, 11) is 0. The van der Waals surface area contributed by atoms with E-state index in [0.29, 0.717) is 41.5 Å². The first kappa shape index (κ1) is 34.3. The van der Waals surface area contributed by atoms with Gasteiger partial charge in [0.2, 0.25) is 0 Å². The lowest BCUT2D eigenvalue weighted by atomic mass is 10.0. The Bertz CT molecular complexity index is 1480. The number of benzene rings is 2. The van der Waals surface area contributed by atoms with Gasteiger partial charge < -0.3 is 20.2 Å². The fourth-order valence-corrected chi connectivity index (χ4v) is 4.82. The normalized spacial score (nSPS) is 14.8. The van der Waals surface area contributed by atoms with Crippen molar-refractivity contribution in [3.63, 3.8) is 0 Å². The third-order valence-corrected chi connectivity index (χ3v) is 7.09. The minimum atomic E-state index is -6.68. The van der Waals surface area contributed by atoms with Gasteiger partial charge in [-0.1, -0.05) is 41.0 Å². The van der Waals surface area contributed by atoms with E-state index in [9.17, 15) is 46.5 Å². The largest absolute Gasteiger partial charge is 0.508 e. The molecular weight excluding hydrogens is 597 g/mol. The van der Waals surface area contributed by atoms with Crippen molar-refractivity contribution in [2.24, 2.45) is 0 Å². The van der Waals surface area contributed by atoms with Crippen LogP contribution in [0.15, 0.2) is 65.3 Å². The SMILES string of the molecule is CC(C)=CCC/C(C)=C/CC/C(C)=C/CN1C(=O)c2cccc(O)c2N(C(F)(C(F)(F)F)C(F)(F)F)c2c(O)cc(O)cc21. The van der Waals surface area contributed by atoms with Crippen molar-refractivity contribution in [3.05, 3.63) is 70.8 Å². The van der Waals surface area contributed by atoms with Crippen molar-refractivity contribution >= 4 is 23.0 Å². The highest BCUT2D eigenvalue weighted by atomic mass is 19.4. The van der Waals surface area contributed by atoms with Gasteiger partial charge in [-0.2, -0.15) is 30.7 Å². The van der Waals surface area contributed by atoms with E-state index in [1.165, 1.54) is 11.6 Å². The van der Waals surface area contributed by atoms with E-state index < -0.39 is 75.4 Å². The molecule has 0 bridgehead atoms. The molecule has 0 spiro atoms. The molecule has 0 aliphatic carbocycles. The molecule has 3 rings (SSSR count). The number of halogens is 7. The lowest BCUT2D eigenvalue weighted by molar-refractivity contribution is -0.338. The Labute approximate surface area is 250 Å². The Hall–Kier alpha value is -4.16.